The normalized spacial score (nSPS) is 18.0. The number of likely N-dealkylation sites (tertiary alicyclic amines) is 1. The molecule has 2 amide bonds. The van der Waals surface area contributed by atoms with E-state index >= 15 is 0 Å². The molecule has 1 fully saturated rings. The van der Waals surface area contributed by atoms with Crippen LogP contribution in [-0.2, 0) is 0 Å². The molecule has 4 N–H and O–H groups in total. The number of nitrogens with one attached hydrogen (secondary N) is 2. The monoisotopic (exact) mass is 313 g/mol. The van der Waals surface area contributed by atoms with Gasteiger partial charge in [-0.2, -0.15) is 0 Å². The molecule has 2 heterocycles. The van der Waals surface area contributed by atoms with Crippen LogP contribution >= 0.6 is 12.4 Å². The van der Waals surface area contributed by atoms with Crippen LogP contribution in [0.1, 0.15) is 27.2 Å². The SMILES string of the molecule is CC(C)(C)NC(=O)N1CC[C@H](Nc2ccc(N)cn2)C1.Cl. The molecule has 7 heteroatoms. The number of rotatable bonds is 2. The van der Waals surface area contributed by atoms with Crippen molar-refractivity contribution < 1.29 is 4.79 Å². The summed E-state index contributed by atoms with van der Waals surface area (Å²) in [5, 5.41) is 6.31. The highest BCUT2D eigenvalue weighted by molar-refractivity contribution is 5.85. The second-order valence-corrected chi connectivity index (χ2v) is 6.23. The van der Waals surface area contributed by atoms with Gasteiger partial charge in [-0.25, -0.2) is 9.78 Å². The number of pyridine rings is 1. The van der Waals surface area contributed by atoms with Gasteiger partial charge in [0.25, 0.3) is 0 Å². The predicted molar refractivity (Wildman–Crippen MR) is 87.8 cm³/mol. The maximum absolute atomic E-state index is 12.1. The Hall–Kier alpha value is -1.69. The summed E-state index contributed by atoms with van der Waals surface area (Å²) in [4.78, 5) is 18.1. The molecular weight excluding hydrogens is 290 g/mol. The van der Waals surface area contributed by atoms with Crippen molar-refractivity contribution in [1.82, 2.24) is 15.2 Å². The standard InChI is InChI=1S/C14H23N5O.ClH/c1-14(2,3)18-13(20)19-7-6-11(9-19)17-12-5-4-10(15)8-16-12;/h4-5,8,11H,6-7,9,15H2,1-3H3,(H,16,17)(H,18,20);1H/t11-;/m0./s1. The van der Waals surface area contributed by atoms with Crippen LogP contribution < -0.4 is 16.4 Å². The Morgan fingerprint density at radius 1 is 1.43 bits per heavy atom. The van der Waals surface area contributed by atoms with Gasteiger partial charge in [-0.05, 0) is 39.3 Å². The summed E-state index contributed by atoms with van der Waals surface area (Å²) in [7, 11) is 0. The van der Waals surface area contributed by atoms with Crippen LogP contribution in [-0.4, -0.2) is 40.6 Å². The van der Waals surface area contributed by atoms with Crippen molar-refractivity contribution in [3.63, 3.8) is 0 Å². The highest BCUT2D eigenvalue weighted by Crippen LogP contribution is 2.15. The van der Waals surface area contributed by atoms with Crippen molar-refractivity contribution >= 4 is 29.9 Å². The number of anilines is 2. The Balaban J connectivity index is 0.00000220. The van der Waals surface area contributed by atoms with Gasteiger partial charge in [0.1, 0.15) is 5.82 Å². The van der Waals surface area contributed by atoms with E-state index in [1.54, 1.807) is 6.20 Å². The van der Waals surface area contributed by atoms with E-state index in [1.165, 1.54) is 0 Å². The van der Waals surface area contributed by atoms with Gasteiger partial charge in [0.15, 0.2) is 0 Å². The van der Waals surface area contributed by atoms with E-state index in [2.05, 4.69) is 15.6 Å². The van der Waals surface area contributed by atoms with Crippen LogP contribution in [0.4, 0.5) is 16.3 Å². The number of nitrogen functional groups attached to an aromatic ring is 1. The second-order valence-electron chi connectivity index (χ2n) is 6.23. The number of nitrogens with two attached hydrogens (primary N) is 1. The Bertz CT molecular complexity index is 471. The topological polar surface area (TPSA) is 83.3 Å². The molecule has 0 bridgehead atoms. The summed E-state index contributed by atoms with van der Waals surface area (Å²) >= 11 is 0. The van der Waals surface area contributed by atoms with Crippen molar-refractivity contribution in [1.29, 1.82) is 0 Å². The van der Waals surface area contributed by atoms with Crippen molar-refractivity contribution in [2.75, 3.05) is 24.1 Å². The molecule has 6 nitrogen and oxygen atoms in total. The Morgan fingerprint density at radius 3 is 2.71 bits per heavy atom. The first-order chi connectivity index (χ1) is 9.33. The third-order valence-corrected chi connectivity index (χ3v) is 3.10. The molecule has 0 spiro atoms. The lowest BCUT2D eigenvalue weighted by molar-refractivity contribution is 0.199. The van der Waals surface area contributed by atoms with Gasteiger partial charge in [-0.15, -0.1) is 12.4 Å². The number of carbonyl (C=O) groups is 1. The van der Waals surface area contributed by atoms with Crippen molar-refractivity contribution in [2.24, 2.45) is 0 Å². The predicted octanol–water partition coefficient (Wildman–Crippen LogP) is 2.08. The average Bonchev–Trinajstić information content (AvgIpc) is 2.79. The maximum atomic E-state index is 12.1. The zero-order valence-electron chi connectivity index (χ0n) is 12.7. The molecule has 2 rings (SSSR count). The first-order valence-electron chi connectivity index (χ1n) is 6.89. The van der Waals surface area contributed by atoms with Crippen molar-refractivity contribution in [3.8, 4) is 0 Å². The molecule has 0 aromatic carbocycles. The molecule has 0 radical (unpaired) electrons. The molecule has 1 aromatic heterocycles. The largest absolute Gasteiger partial charge is 0.397 e. The minimum absolute atomic E-state index is 0. The average molecular weight is 314 g/mol. The van der Waals surface area contributed by atoms with Gasteiger partial charge >= 0.3 is 6.03 Å². The summed E-state index contributed by atoms with van der Waals surface area (Å²) < 4.78 is 0. The van der Waals surface area contributed by atoms with E-state index in [0.29, 0.717) is 12.2 Å². The second kappa shape index (κ2) is 6.85. The fourth-order valence-electron chi connectivity index (χ4n) is 2.16. The van der Waals surface area contributed by atoms with Gasteiger partial charge in [0, 0.05) is 24.7 Å². The number of aromatic nitrogens is 1. The van der Waals surface area contributed by atoms with Gasteiger partial charge < -0.3 is 21.3 Å². The number of urea groups is 1. The lowest BCUT2D eigenvalue weighted by atomic mass is 10.1. The molecule has 1 aliphatic rings. The lowest BCUT2D eigenvalue weighted by Gasteiger charge is -2.25. The Labute approximate surface area is 131 Å². The number of hydrogen-bond acceptors (Lipinski definition) is 4. The third-order valence-electron chi connectivity index (χ3n) is 3.10. The zero-order chi connectivity index (χ0) is 14.8. The van der Waals surface area contributed by atoms with Crippen LogP contribution in [0.3, 0.4) is 0 Å². The molecule has 1 atom stereocenters. The summed E-state index contributed by atoms with van der Waals surface area (Å²) in [5.74, 6) is 0.794. The van der Waals surface area contributed by atoms with Crippen LogP contribution in [0.5, 0.6) is 0 Å². The van der Waals surface area contributed by atoms with Crippen LogP contribution in [0.25, 0.3) is 0 Å². The molecule has 0 unspecified atom stereocenters. The number of hydrogen-bond donors (Lipinski definition) is 3. The molecule has 118 valence electrons. The number of nitrogens with zero attached hydrogens (tertiary/aromatic N) is 2. The fraction of sp³-hybridized carbons (Fsp3) is 0.571. The first-order valence-corrected chi connectivity index (χ1v) is 6.89. The minimum Gasteiger partial charge on any atom is -0.397 e. The van der Waals surface area contributed by atoms with E-state index in [0.717, 1.165) is 18.8 Å². The van der Waals surface area contributed by atoms with Gasteiger partial charge in [-0.3, -0.25) is 0 Å². The Morgan fingerprint density at radius 2 is 2.14 bits per heavy atom. The van der Waals surface area contributed by atoms with Crippen LogP contribution in [0.15, 0.2) is 18.3 Å². The molecule has 0 aliphatic carbocycles. The quantitative estimate of drug-likeness (QED) is 0.780. The third kappa shape index (κ3) is 5.30. The lowest BCUT2D eigenvalue weighted by Crippen LogP contribution is -2.48. The van der Waals surface area contributed by atoms with E-state index in [4.69, 9.17) is 5.73 Å². The fourth-order valence-corrected chi connectivity index (χ4v) is 2.16. The Kier molecular flexibility index (Phi) is 5.66. The van der Waals surface area contributed by atoms with E-state index in [9.17, 15) is 4.79 Å². The summed E-state index contributed by atoms with van der Waals surface area (Å²) in [6.07, 6.45) is 2.55. The summed E-state index contributed by atoms with van der Waals surface area (Å²) in [6, 6.07) is 3.89. The van der Waals surface area contributed by atoms with Crippen LogP contribution in [0, 0.1) is 0 Å². The highest BCUT2D eigenvalue weighted by atomic mass is 35.5. The summed E-state index contributed by atoms with van der Waals surface area (Å²) in [5.41, 5.74) is 6.04. The molecule has 1 aromatic rings. The van der Waals surface area contributed by atoms with E-state index < -0.39 is 0 Å². The van der Waals surface area contributed by atoms with Gasteiger partial charge in [-0.1, -0.05) is 0 Å². The first kappa shape index (κ1) is 17.4. The van der Waals surface area contributed by atoms with E-state index in [1.807, 2.05) is 37.8 Å². The molecule has 21 heavy (non-hydrogen) atoms. The molecular formula is C14H24ClN5O. The minimum atomic E-state index is -0.207. The summed E-state index contributed by atoms with van der Waals surface area (Å²) in [6.45, 7) is 7.39. The van der Waals surface area contributed by atoms with Gasteiger partial charge in [0.2, 0.25) is 0 Å². The van der Waals surface area contributed by atoms with Crippen LogP contribution in [0.2, 0.25) is 0 Å². The van der Waals surface area contributed by atoms with Gasteiger partial charge in [0.05, 0.1) is 11.9 Å². The number of amides is 2. The molecule has 1 aliphatic heterocycles. The molecule has 1 saturated heterocycles. The highest BCUT2D eigenvalue weighted by Gasteiger charge is 2.28. The van der Waals surface area contributed by atoms with Crippen molar-refractivity contribution in [3.05, 3.63) is 18.3 Å². The van der Waals surface area contributed by atoms with Crippen molar-refractivity contribution in [2.45, 2.75) is 38.8 Å². The number of carbonyl (C=O) groups excluding carboxylic acids is 1. The number of halogens is 1. The smallest absolute Gasteiger partial charge is 0.317 e. The zero-order valence-corrected chi connectivity index (χ0v) is 13.5. The van der Waals surface area contributed by atoms with E-state index in [-0.39, 0.29) is 30.0 Å². The molecule has 0 saturated carbocycles. The maximum Gasteiger partial charge on any atom is 0.317 e.